The van der Waals surface area contributed by atoms with E-state index in [1.807, 2.05) is 36.4 Å². The van der Waals surface area contributed by atoms with Crippen LogP contribution >= 0.6 is 11.8 Å². The Morgan fingerprint density at radius 3 is 2.43 bits per heavy atom. The van der Waals surface area contributed by atoms with E-state index in [1.54, 1.807) is 0 Å². The monoisotopic (exact) mass is 428 g/mol. The second-order valence-electron chi connectivity index (χ2n) is 8.29. The van der Waals surface area contributed by atoms with Crippen molar-refractivity contribution in [2.45, 2.75) is 28.8 Å². The molecule has 4 saturated heterocycles. The summed E-state index contributed by atoms with van der Waals surface area (Å²) in [6.07, 6.45) is 2.38. The molecule has 30 heavy (non-hydrogen) atoms. The molecule has 0 spiro atoms. The van der Waals surface area contributed by atoms with Gasteiger partial charge in [-0.3, -0.25) is 4.79 Å². The van der Waals surface area contributed by atoms with Crippen molar-refractivity contribution in [1.29, 1.82) is 0 Å². The van der Waals surface area contributed by atoms with E-state index in [2.05, 4.69) is 15.1 Å². The molecule has 8 heteroatoms. The van der Waals surface area contributed by atoms with Crippen molar-refractivity contribution in [1.82, 2.24) is 14.9 Å². The zero-order valence-electron chi connectivity index (χ0n) is 17.0. The fraction of sp³-hybridized carbons (Fsp3) is 0.500. The average molecular weight is 429 g/mol. The van der Waals surface area contributed by atoms with Crippen molar-refractivity contribution in [2.24, 2.45) is 5.92 Å². The number of rotatable bonds is 5. The molecule has 1 aromatic carbocycles. The van der Waals surface area contributed by atoms with Crippen LogP contribution in [0.25, 0.3) is 0 Å². The minimum atomic E-state index is 0.00503. The number of carbonyl (C=O) groups excluding carboxylic acids is 1. The van der Waals surface area contributed by atoms with Gasteiger partial charge in [0.1, 0.15) is 10.8 Å². The Bertz CT molecular complexity index is 886. The number of piperidine rings is 3. The highest BCUT2D eigenvalue weighted by Crippen LogP contribution is 2.32. The first-order chi connectivity index (χ1) is 14.7. The molecule has 0 saturated carbocycles. The number of benzene rings is 1. The normalized spacial score (nSPS) is 26.0. The van der Waals surface area contributed by atoms with E-state index in [-0.39, 0.29) is 11.9 Å². The SMILES string of the molecule is O=C(N[C@H]1CN2CCC1CC2)c1ccc(Sc2ccc(N3CCOCC3)n2O)cc1. The summed E-state index contributed by atoms with van der Waals surface area (Å²) < 4.78 is 6.62. The Balaban J connectivity index is 1.21. The van der Waals surface area contributed by atoms with Crippen molar-refractivity contribution in [3.05, 3.63) is 42.0 Å². The number of anilines is 1. The smallest absolute Gasteiger partial charge is 0.251 e. The third kappa shape index (κ3) is 4.04. The van der Waals surface area contributed by atoms with Crippen LogP contribution in [0, 0.1) is 5.92 Å². The summed E-state index contributed by atoms with van der Waals surface area (Å²) in [5.41, 5.74) is 0.684. The lowest BCUT2D eigenvalue weighted by Crippen LogP contribution is -2.57. The predicted octanol–water partition coefficient (Wildman–Crippen LogP) is 2.54. The Hall–Kier alpha value is -2.16. The third-order valence-corrected chi connectivity index (χ3v) is 7.47. The predicted molar refractivity (Wildman–Crippen MR) is 116 cm³/mol. The fourth-order valence-corrected chi connectivity index (χ4v) is 5.51. The van der Waals surface area contributed by atoms with Gasteiger partial charge >= 0.3 is 0 Å². The average Bonchev–Trinajstić information content (AvgIpc) is 3.15. The maximum Gasteiger partial charge on any atom is 0.251 e. The van der Waals surface area contributed by atoms with Crippen molar-refractivity contribution in [3.63, 3.8) is 0 Å². The molecule has 2 bridgehead atoms. The molecular formula is C22H28N4O3S. The Morgan fingerprint density at radius 1 is 1.03 bits per heavy atom. The number of amides is 1. The van der Waals surface area contributed by atoms with Crippen LogP contribution in [0.4, 0.5) is 5.82 Å². The van der Waals surface area contributed by atoms with Crippen molar-refractivity contribution >= 4 is 23.5 Å². The number of hydrogen-bond donors (Lipinski definition) is 2. The number of ether oxygens (including phenoxy) is 1. The van der Waals surface area contributed by atoms with Crippen LogP contribution in [0.1, 0.15) is 23.2 Å². The lowest BCUT2D eigenvalue weighted by atomic mass is 9.84. The maximum atomic E-state index is 12.7. The lowest BCUT2D eigenvalue weighted by molar-refractivity contribution is 0.0620. The highest BCUT2D eigenvalue weighted by Gasteiger charge is 2.34. The molecule has 1 atom stereocenters. The van der Waals surface area contributed by atoms with Gasteiger partial charge in [-0.25, -0.2) is 0 Å². The number of fused-ring (bicyclic) bond motifs is 3. The number of hydrogen-bond acceptors (Lipinski definition) is 6. The molecule has 160 valence electrons. The number of morpholine rings is 1. The van der Waals surface area contributed by atoms with Crippen LogP contribution in [-0.4, -0.2) is 72.7 Å². The summed E-state index contributed by atoms with van der Waals surface area (Å²) in [7, 11) is 0. The van der Waals surface area contributed by atoms with Crippen LogP contribution in [-0.2, 0) is 4.74 Å². The molecule has 2 aromatic rings. The molecule has 4 aliphatic heterocycles. The summed E-state index contributed by atoms with van der Waals surface area (Å²) in [5.74, 6) is 1.41. The van der Waals surface area contributed by atoms with E-state index in [9.17, 15) is 10.0 Å². The Labute approximate surface area is 180 Å². The van der Waals surface area contributed by atoms with Gasteiger partial charge in [-0.2, -0.15) is 4.73 Å². The highest BCUT2D eigenvalue weighted by atomic mass is 32.2. The molecule has 6 rings (SSSR count). The Morgan fingerprint density at radius 2 is 1.77 bits per heavy atom. The topological polar surface area (TPSA) is 70.0 Å². The molecule has 2 N–H and O–H groups in total. The van der Waals surface area contributed by atoms with Gasteiger partial charge in [0.15, 0.2) is 0 Å². The summed E-state index contributed by atoms with van der Waals surface area (Å²) in [5, 5.41) is 14.6. The van der Waals surface area contributed by atoms with Crippen molar-refractivity contribution < 1.29 is 14.7 Å². The fourth-order valence-electron chi connectivity index (χ4n) is 4.68. The summed E-state index contributed by atoms with van der Waals surface area (Å²) in [6, 6.07) is 11.7. The summed E-state index contributed by atoms with van der Waals surface area (Å²) >= 11 is 1.48. The molecule has 1 amide bonds. The van der Waals surface area contributed by atoms with Gasteiger partial charge in [0, 0.05) is 36.1 Å². The second kappa shape index (κ2) is 8.53. The van der Waals surface area contributed by atoms with Gasteiger partial charge in [0.25, 0.3) is 5.91 Å². The van der Waals surface area contributed by atoms with Gasteiger partial charge in [-0.05, 0) is 68.2 Å². The quantitative estimate of drug-likeness (QED) is 0.714. The first-order valence-electron chi connectivity index (χ1n) is 10.7. The number of nitrogens with one attached hydrogen (secondary N) is 1. The van der Waals surface area contributed by atoms with Gasteiger partial charge in [-0.1, -0.05) is 11.8 Å². The van der Waals surface area contributed by atoms with Crippen molar-refractivity contribution in [2.75, 3.05) is 50.8 Å². The zero-order valence-corrected chi connectivity index (χ0v) is 17.8. The highest BCUT2D eigenvalue weighted by molar-refractivity contribution is 7.99. The molecule has 1 aromatic heterocycles. The van der Waals surface area contributed by atoms with E-state index >= 15 is 0 Å². The number of nitrogens with zero attached hydrogens (tertiary/aromatic N) is 3. The molecule has 5 heterocycles. The van der Waals surface area contributed by atoms with E-state index in [4.69, 9.17) is 4.74 Å². The van der Waals surface area contributed by atoms with E-state index in [0.29, 0.717) is 24.7 Å². The standard InChI is InChI=1S/C22H28N4O3S/c27-22(23-19-15-24-9-7-16(19)8-10-24)17-1-3-18(4-2-17)30-21-6-5-20(26(21)28)25-11-13-29-14-12-25/h1-6,16,19,28H,7-15H2,(H,23,27)/t19-/m0/s1. The molecule has 7 nitrogen and oxygen atoms in total. The van der Waals surface area contributed by atoms with Crippen LogP contribution in [0.5, 0.6) is 0 Å². The minimum absolute atomic E-state index is 0.00503. The van der Waals surface area contributed by atoms with E-state index < -0.39 is 0 Å². The first-order valence-corrected chi connectivity index (χ1v) is 11.5. The van der Waals surface area contributed by atoms with Crippen LogP contribution in [0.2, 0.25) is 0 Å². The first kappa shape index (κ1) is 19.8. The van der Waals surface area contributed by atoms with Crippen molar-refractivity contribution in [3.8, 4) is 0 Å². The van der Waals surface area contributed by atoms with Gasteiger partial charge < -0.3 is 25.1 Å². The minimum Gasteiger partial charge on any atom is -0.426 e. The Kier molecular flexibility index (Phi) is 5.62. The maximum absolute atomic E-state index is 12.7. The third-order valence-electron chi connectivity index (χ3n) is 6.45. The number of carbonyl (C=O) groups is 1. The summed E-state index contributed by atoms with van der Waals surface area (Å²) in [4.78, 5) is 18.2. The van der Waals surface area contributed by atoms with Crippen LogP contribution < -0.4 is 10.2 Å². The molecule has 0 unspecified atom stereocenters. The molecular weight excluding hydrogens is 400 g/mol. The van der Waals surface area contributed by atoms with Gasteiger partial charge in [0.2, 0.25) is 0 Å². The molecule has 4 aliphatic rings. The summed E-state index contributed by atoms with van der Waals surface area (Å²) in [6.45, 7) is 6.22. The largest absolute Gasteiger partial charge is 0.426 e. The zero-order chi connectivity index (χ0) is 20.5. The van der Waals surface area contributed by atoms with E-state index in [1.165, 1.54) is 42.4 Å². The molecule has 4 fully saturated rings. The lowest BCUT2D eigenvalue weighted by Gasteiger charge is -2.44. The van der Waals surface area contributed by atoms with Crippen LogP contribution in [0.3, 0.4) is 0 Å². The molecule has 0 aliphatic carbocycles. The van der Waals surface area contributed by atoms with Gasteiger partial charge in [0.05, 0.1) is 13.2 Å². The van der Waals surface area contributed by atoms with E-state index in [0.717, 1.165) is 35.4 Å². The second-order valence-corrected chi connectivity index (χ2v) is 9.38. The number of aromatic nitrogens is 1. The van der Waals surface area contributed by atoms with Gasteiger partial charge in [-0.15, -0.1) is 0 Å². The van der Waals surface area contributed by atoms with Crippen LogP contribution in [0.15, 0.2) is 46.3 Å². The molecule has 0 radical (unpaired) electrons.